The van der Waals surface area contributed by atoms with Crippen molar-refractivity contribution in [2.75, 3.05) is 40.6 Å². The molecule has 0 aliphatic rings. The van der Waals surface area contributed by atoms with E-state index in [1.54, 1.807) is 50.6 Å². The van der Waals surface area contributed by atoms with E-state index in [2.05, 4.69) is 0 Å². The van der Waals surface area contributed by atoms with Crippen LogP contribution in [0.5, 0.6) is 0 Å². The molecule has 2 aromatic rings. The quantitative estimate of drug-likeness (QED) is 0.181. The molecule has 0 amide bonds. The Hall–Kier alpha value is -2.78. The van der Waals surface area contributed by atoms with Crippen LogP contribution in [0.15, 0.2) is 48.5 Å². The van der Waals surface area contributed by atoms with Crippen LogP contribution in [0.25, 0.3) is 0 Å². The molecule has 0 fully saturated rings. The molecule has 33 heavy (non-hydrogen) atoms. The lowest BCUT2D eigenvalue weighted by Gasteiger charge is -2.23. The molecule has 0 heterocycles. The van der Waals surface area contributed by atoms with Crippen molar-refractivity contribution in [3.05, 3.63) is 70.8 Å². The first-order valence-electron chi connectivity index (χ1n) is 10.6. The summed E-state index contributed by atoms with van der Waals surface area (Å²) in [5.41, 5.74) is 2.31. The van der Waals surface area contributed by atoms with Gasteiger partial charge in [-0.1, -0.05) is 38.1 Å². The lowest BCUT2D eigenvalue weighted by Crippen LogP contribution is -2.27. The van der Waals surface area contributed by atoms with Gasteiger partial charge < -0.3 is 18.9 Å². The fourth-order valence-electron chi connectivity index (χ4n) is 2.64. The van der Waals surface area contributed by atoms with Crippen LogP contribution in [0.1, 0.15) is 45.7 Å². The van der Waals surface area contributed by atoms with Gasteiger partial charge in [-0.25, -0.2) is 19.4 Å². The van der Waals surface area contributed by atoms with Crippen LogP contribution in [0.3, 0.4) is 0 Å². The van der Waals surface area contributed by atoms with Gasteiger partial charge in [0.2, 0.25) is 0 Å². The topological polar surface area (TPSA) is 89.5 Å². The molecule has 0 N–H and O–H groups in total. The van der Waals surface area contributed by atoms with E-state index in [1.165, 1.54) is 0 Å². The Morgan fingerprint density at radius 2 is 1.21 bits per heavy atom. The van der Waals surface area contributed by atoms with Gasteiger partial charge in [-0.05, 0) is 35.4 Å². The third-order valence-electron chi connectivity index (χ3n) is 4.56. The Morgan fingerprint density at radius 1 is 0.667 bits per heavy atom. The van der Waals surface area contributed by atoms with E-state index in [9.17, 15) is 9.59 Å². The van der Waals surface area contributed by atoms with Crippen molar-refractivity contribution in [3.63, 3.8) is 0 Å². The van der Waals surface area contributed by atoms with Gasteiger partial charge in [0.15, 0.2) is 0 Å². The summed E-state index contributed by atoms with van der Waals surface area (Å²) in [6.45, 7) is 5.50. The monoisotopic (exact) mass is 460 g/mol. The zero-order chi connectivity index (χ0) is 24.1. The first-order chi connectivity index (χ1) is 15.8. The highest BCUT2D eigenvalue weighted by atomic mass is 17.2. The highest BCUT2D eigenvalue weighted by molar-refractivity contribution is 5.89. The number of carbonyl (C=O) groups is 2. The molecule has 0 saturated heterocycles. The Morgan fingerprint density at radius 3 is 1.76 bits per heavy atom. The van der Waals surface area contributed by atoms with Gasteiger partial charge in [-0.2, -0.15) is 0 Å². The maximum Gasteiger partial charge on any atom is 0.338 e. The zero-order valence-corrected chi connectivity index (χ0v) is 19.6. The smallest absolute Gasteiger partial charge is 0.338 e. The summed E-state index contributed by atoms with van der Waals surface area (Å²) in [6.07, 6.45) is 0. The molecule has 180 valence electrons. The molecule has 2 rings (SSSR count). The van der Waals surface area contributed by atoms with Crippen molar-refractivity contribution in [2.45, 2.75) is 27.1 Å². The van der Waals surface area contributed by atoms with Gasteiger partial charge >= 0.3 is 11.9 Å². The van der Waals surface area contributed by atoms with Gasteiger partial charge in [0, 0.05) is 19.6 Å². The van der Waals surface area contributed by atoms with Crippen LogP contribution in [0.2, 0.25) is 0 Å². The SMILES string of the molecule is COCCOC(=O)c1ccc(COOCC(C)(C)COC(=O)c2ccc(COC)cc2)cc1. The second kappa shape index (κ2) is 13.7. The summed E-state index contributed by atoms with van der Waals surface area (Å²) < 4.78 is 20.4. The lowest BCUT2D eigenvalue weighted by molar-refractivity contribution is -0.318. The fraction of sp³-hybridized carbons (Fsp3) is 0.440. The number of hydrogen-bond acceptors (Lipinski definition) is 8. The Labute approximate surface area is 194 Å². The highest BCUT2D eigenvalue weighted by Crippen LogP contribution is 2.18. The molecule has 0 radical (unpaired) electrons. The summed E-state index contributed by atoms with van der Waals surface area (Å²) in [5.74, 6) is -0.799. The maximum atomic E-state index is 12.3. The molecular formula is C25H32O8. The molecule has 0 bridgehead atoms. The van der Waals surface area contributed by atoms with E-state index in [0.717, 1.165) is 11.1 Å². The third-order valence-corrected chi connectivity index (χ3v) is 4.56. The van der Waals surface area contributed by atoms with Crippen molar-refractivity contribution < 1.29 is 38.3 Å². The molecule has 0 unspecified atom stereocenters. The number of rotatable bonds is 14. The van der Waals surface area contributed by atoms with Gasteiger partial charge in [0.05, 0.1) is 37.6 Å². The fourth-order valence-corrected chi connectivity index (χ4v) is 2.64. The van der Waals surface area contributed by atoms with Gasteiger partial charge in [0.25, 0.3) is 0 Å². The van der Waals surface area contributed by atoms with Crippen LogP contribution in [0, 0.1) is 5.41 Å². The van der Waals surface area contributed by atoms with Crippen LogP contribution in [0.4, 0.5) is 0 Å². The maximum absolute atomic E-state index is 12.3. The number of benzene rings is 2. The molecule has 0 aromatic heterocycles. The summed E-state index contributed by atoms with van der Waals surface area (Å²) in [6, 6.07) is 14.0. The van der Waals surface area contributed by atoms with E-state index in [1.807, 2.05) is 26.0 Å². The largest absolute Gasteiger partial charge is 0.461 e. The van der Waals surface area contributed by atoms with E-state index < -0.39 is 17.4 Å². The minimum absolute atomic E-state index is 0.175. The Bertz CT molecular complexity index is 859. The molecule has 0 spiro atoms. The van der Waals surface area contributed by atoms with Crippen LogP contribution < -0.4 is 0 Å². The average Bonchev–Trinajstić information content (AvgIpc) is 2.81. The number of esters is 2. The van der Waals surface area contributed by atoms with Gasteiger partial charge in [-0.3, -0.25) is 0 Å². The summed E-state index contributed by atoms with van der Waals surface area (Å²) in [5, 5.41) is 0. The Kier molecular flexibility index (Phi) is 11.0. The van der Waals surface area contributed by atoms with Crippen molar-refractivity contribution in [3.8, 4) is 0 Å². The number of carbonyl (C=O) groups excluding carboxylic acids is 2. The van der Waals surface area contributed by atoms with Crippen molar-refractivity contribution >= 4 is 11.9 Å². The van der Waals surface area contributed by atoms with Crippen LogP contribution in [-0.4, -0.2) is 52.6 Å². The summed E-state index contributed by atoms with van der Waals surface area (Å²) >= 11 is 0. The molecule has 0 aliphatic carbocycles. The zero-order valence-electron chi connectivity index (χ0n) is 19.6. The van der Waals surface area contributed by atoms with Crippen molar-refractivity contribution in [2.24, 2.45) is 5.41 Å². The van der Waals surface area contributed by atoms with E-state index in [-0.39, 0.29) is 26.4 Å². The van der Waals surface area contributed by atoms with Gasteiger partial charge in [-0.15, -0.1) is 0 Å². The molecule has 0 aliphatic heterocycles. The number of ether oxygens (including phenoxy) is 4. The molecule has 2 aromatic carbocycles. The normalized spacial score (nSPS) is 11.3. The third kappa shape index (κ3) is 9.71. The number of hydrogen-bond donors (Lipinski definition) is 0. The number of methoxy groups -OCH3 is 2. The first kappa shape index (κ1) is 26.5. The predicted octanol–water partition coefficient (Wildman–Crippen LogP) is 3.97. The lowest BCUT2D eigenvalue weighted by atomic mass is 9.96. The molecule has 8 nitrogen and oxygen atoms in total. The average molecular weight is 461 g/mol. The summed E-state index contributed by atoms with van der Waals surface area (Å²) in [7, 11) is 3.16. The molecule has 8 heteroatoms. The standard InChI is InChI=1S/C25H32O8/c1-25(2,17-31-24(27)22-9-5-19(6-10-22)15-29-4)18-33-32-16-20-7-11-21(12-8-20)23(26)30-14-13-28-3/h5-12H,13-18H2,1-4H3. The first-order valence-corrected chi connectivity index (χ1v) is 10.6. The minimum Gasteiger partial charge on any atom is -0.461 e. The van der Waals surface area contributed by atoms with Crippen molar-refractivity contribution in [1.29, 1.82) is 0 Å². The predicted molar refractivity (Wildman–Crippen MR) is 121 cm³/mol. The second-order valence-electron chi connectivity index (χ2n) is 8.22. The Balaban J connectivity index is 1.69. The summed E-state index contributed by atoms with van der Waals surface area (Å²) in [4.78, 5) is 34.7. The van der Waals surface area contributed by atoms with Crippen LogP contribution >= 0.6 is 0 Å². The second-order valence-corrected chi connectivity index (χ2v) is 8.22. The van der Waals surface area contributed by atoms with Crippen molar-refractivity contribution in [1.82, 2.24) is 0 Å². The van der Waals surface area contributed by atoms with Gasteiger partial charge in [0.1, 0.15) is 13.2 Å². The molecule has 0 atom stereocenters. The molecule has 0 saturated carbocycles. The van der Waals surface area contributed by atoms with E-state index >= 15 is 0 Å². The van der Waals surface area contributed by atoms with Crippen LogP contribution in [-0.2, 0) is 41.9 Å². The molecular weight excluding hydrogens is 428 g/mol. The van der Waals surface area contributed by atoms with E-state index in [4.69, 9.17) is 28.7 Å². The van der Waals surface area contributed by atoms with E-state index in [0.29, 0.717) is 24.3 Å². The highest BCUT2D eigenvalue weighted by Gasteiger charge is 2.22. The minimum atomic E-state index is -0.443.